The maximum Gasteiger partial charge on any atom is 0.416 e. The van der Waals surface area contributed by atoms with Gasteiger partial charge in [0.25, 0.3) is 0 Å². The topological polar surface area (TPSA) is 48.8 Å². The molecular formula is C10H6F3N3. The number of nitrogens with zero attached hydrogens (tertiary/aromatic N) is 3. The lowest BCUT2D eigenvalue weighted by Crippen LogP contribution is -2.04. The summed E-state index contributed by atoms with van der Waals surface area (Å²) in [5.41, 5.74) is 7.45. The van der Waals surface area contributed by atoms with E-state index in [9.17, 15) is 13.2 Å². The third-order valence-electron chi connectivity index (χ3n) is 1.64. The van der Waals surface area contributed by atoms with Crippen LogP contribution in [0, 0.1) is 11.8 Å². The Hall–Kier alpha value is -2.12. The number of azide groups is 1. The molecule has 16 heavy (non-hydrogen) atoms. The van der Waals surface area contributed by atoms with Crippen molar-refractivity contribution in [3.63, 3.8) is 0 Å². The molecule has 0 amide bonds. The number of benzene rings is 1. The van der Waals surface area contributed by atoms with Gasteiger partial charge in [0, 0.05) is 10.5 Å². The lowest BCUT2D eigenvalue weighted by molar-refractivity contribution is -0.137. The molecule has 0 atom stereocenters. The van der Waals surface area contributed by atoms with Crippen LogP contribution in [-0.2, 0) is 6.18 Å². The zero-order valence-corrected chi connectivity index (χ0v) is 7.99. The quantitative estimate of drug-likeness (QED) is 0.304. The first-order valence-corrected chi connectivity index (χ1v) is 4.21. The maximum atomic E-state index is 12.3. The van der Waals surface area contributed by atoms with E-state index in [1.165, 1.54) is 12.1 Å². The van der Waals surface area contributed by atoms with Crippen LogP contribution in [0.3, 0.4) is 0 Å². The second-order valence-electron chi connectivity index (χ2n) is 2.77. The molecule has 82 valence electrons. The summed E-state index contributed by atoms with van der Waals surface area (Å²) < 4.78 is 36.9. The van der Waals surface area contributed by atoms with Gasteiger partial charge in [-0.25, -0.2) is 0 Å². The SMILES string of the molecule is [N-]=[N+]=NCC#Cc1cccc(C(F)(F)F)c1. The van der Waals surface area contributed by atoms with Crippen LogP contribution in [0.25, 0.3) is 10.4 Å². The van der Waals surface area contributed by atoms with E-state index >= 15 is 0 Å². The Morgan fingerprint density at radius 2 is 2.12 bits per heavy atom. The molecule has 0 N–H and O–H groups in total. The van der Waals surface area contributed by atoms with Gasteiger partial charge in [0.15, 0.2) is 0 Å². The van der Waals surface area contributed by atoms with Crippen LogP contribution in [0.15, 0.2) is 29.4 Å². The maximum absolute atomic E-state index is 12.3. The number of alkyl halides is 3. The fourth-order valence-electron chi connectivity index (χ4n) is 0.982. The van der Waals surface area contributed by atoms with Crippen molar-refractivity contribution >= 4 is 0 Å². The van der Waals surface area contributed by atoms with E-state index in [4.69, 9.17) is 5.53 Å². The highest BCUT2D eigenvalue weighted by Crippen LogP contribution is 2.29. The second kappa shape index (κ2) is 5.10. The first kappa shape index (κ1) is 12.0. The smallest absolute Gasteiger partial charge is 0.166 e. The van der Waals surface area contributed by atoms with E-state index in [2.05, 4.69) is 21.9 Å². The summed E-state index contributed by atoms with van der Waals surface area (Å²) in [6.07, 6.45) is -4.37. The van der Waals surface area contributed by atoms with E-state index < -0.39 is 11.7 Å². The molecular weight excluding hydrogens is 219 g/mol. The molecule has 0 saturated carbocycles. The average molecular weight is 225 g/mol. The Kier molecular flexibility index (Phi) is 3.81. The van der Waals surface area contributed by atoms with Gasteiger partial charge in [-0.3, -0.25) is 0 Å². The van der Waals surface area contributed by atoms with Gasteiger partial charge in [0.1, 0.15) is 0 Å². The first-order valence-electron chi connectivity index (χ1n) is 4.21. The van der Waals surface area contributed by atoms with Crippen molar-refractivity contribution in [1.29, 1.82) is 0 Å². The minimum atomic E-state index is -4.37. The van der Waals surface area contributed by atoms with Crippen molar-refractivity contribution in [2.75, 3.05) is 6.54 Å². The molecule has 1 aromatic carbocycles. The third-order valence-corrected chi connectivity index (χ3v) is 1.64. The second-order valence-corrected chi connectivity index (χ2v) is 2.77. The molecule has 1 rings (SSSR count). The summed E-state index contributed by atoms with van der Waals surface area (Å²) in [6.45, 7) is -0.0628. The van der Waals surface area contributed by atoms with Crippen molar-refractivity contribution in [3.05, 3.63) is 45.8 Å². The minimum Gasteiger partial charge on any atom is -0.166 e. The molecule has 0 fully saturated rings. The molecule has 0 radical (unpaired) electrons. The summed E-state index contributed by atoms with van der Waals surface area (Å²) in [5, 5.41) is 3.14. The van der Waals surface area contributed by atoms with Crippen molar-refractivity contribution in [3.8, 4) is 11.8 Å². The van der Waals surface area contributed by atoms with Crippen LogP contribution in [0.1, 0.15) is 11.1 Å². The van der Waals surface area contributed by atoms with Crippen LogP contribution in [0.5, 0.6) is 0 Å². The Morgan fingerprint density at radius 3 is 2.75 bits per heavy atom. The molecule has 0 heterocycles. The minimum absolute atomic E-state index is 0.0628. The highest BCUT2D eigenvalue weighted by molar-refractivity contribution is 5.38. The lowest BCUT2D eigenvalue weighted by Gasteiger charge is -2.05. The predicted molar refractivity (Wildman–Crippen MR) is 52.3 cm³/mol. The van der Waals surface area contributed by atoms with E-state index in [1.54, 1.807) is 0 Å². The molecule has 0 unspecified atom stereocenters. The molecule has 0 bridgehead atoms. The Bertz CT molecular complexity index is 476. The number of hydrogen-bond donors (Lipinski definition) is 0. The molecule has 0 aromatic heterocycles. The molecule has 0 aliphatic rings. The number of hydrogen-bond acceptors (Lipinski definition) is 1. The monoisotopic (exact) mass is 225 g/mol. The van der Waals surface area contributed by atoms with Crippen LogP contribution < -0.4 is 0 Å². The van der Waals surface area contributed by atoms with Gasteiger partial charge in [-0.2, -0.15) is 13.2 Å². The summed E-state index contributed by atoms with van der Waals surface area (Å²) >= 11 is 0. The Morgan fingerprint density at radius 1 is 1.38 bits per heavy atom. The number of halogens is 3. The summed E-state index contributed by atoms with van der Waals surface area (Å²) in [6, 6.07) is 4.65. The molecule has 1 aromatic rings. The predicted octanol–water partition coefficient (Wildman–Crippen LogP) is 3.37. The highest BCUT2D eigenvalue weighted by atomic mass is 19.4. The Balaban J connectivity index is 2.89. The van der Waals surface area contributed by atoms with Crippen molar-refractivity contribution < 1.29 is 13.2 Å². The van der Waals surface area contributed by atoms with E-state index in [0.717, 1.165) is 12.1 Å². The van der Waals surface area contributed by atoms with E-state index in [0.29, 0.717) is 0 Å². The van der Waals surface area contributed by atoms with Crippen LogP contribution in [0.4, 0.5) is 13.2 Å². The van der Waals surface area contributed by atoms with Crippen molar-refractivity contribution in [2.45, 2.75) is 6.18 Å². The van der Waals surface area contributed by atoms with Crippen molar-refractivity contribution in [2.24, 2.45) is 5.11 Å². The molecule has 0 aliphatic heterocycles. The third kappa shape index (κ3) is 3.56. The zero-order valence-electron chi connectivity index (χ0n) is 7.99. The summed E-state index contributed by atoms with van der Waals surface area (Å²) in [7, 11) is 0. The zero-order chi connectivity index (χ0) is 12.0. The van der Waals surface area contributed by atoms with E-state index in [-0.39, 0.29) is 12.1 Å². The largest absolute Gasteiger partial charge is 0.416 e. The lowest BCUT2D eigenvalue weighted by atomic mass is 10.1. The van der Waals surface area contributed by atoms with Gasteiger partial charge >= 0.3 is 6.18 Å². The van der Waals surface area contributed by atoms with Crippen molar-refractivity contribution in [1.82, 2.24) is 0 Å². The average Bonchev–Trinajstić information content (AvgIpc) is 2.24. The van der Waals surface area contributed by atoms with E-state index in [1.807, 2.05) is 0 Å². The normalized spacial score (nSPS) is 9.94. The van der Waals surface area contributed by atoms with Gasteiger partial charge < -0.3 is 0 Å². The van der Waals surface area contributed by atoms with Gasteiger partial charge in [0.05, 0.1) is 12.1 Å². The van der Waals surface area contributed by atoms with Gasteiger partial charge in [0.2, 0.25) is 0 Å². The molecule has 0 spiro atoms. The fourth-order valence-corrected chi connectivity index (χ4v) is 0.982. The fraction of sp³-hybridized carbons (Fsp3) is 0.200. The van der Waals surface area contributed by atoms with Crippen LogP contribution in [0.2, 0.25) is 0 Å². The van der Waals surface area contributed by atoms with Gasteiger partial charge in [-0.1, -0.05) is 23.0 Å². The van der Waals surface area contributed by atoms with Crippen LogP contribution >= 0.6 is 0 Å². The molecule has 3 nitrogen and oxygen atoms in total. The summed E-state index contributed by atoms with van der Waals surface area (Å²) in [5.74, 6) is 4.92. The van der Waals surface area contributed by atoms with Gasteiger partial charge in [-0.15, -0.1) is 0 Å². The highest BCUT2D eigenvalue weighted by Gasteiger charge is 2.30. The Labute approximate surface area is 89.5 Å². The van der Waals surface area contributed by atoms with Gasteiger partial charge in [-0.05, 0) is 23.7 Å². The summed E-state index contributed by atoms with van der Waals surface area (Å²) in [4.78, 5) is 2.47. The molecule has 0 saturated heterocycles. The standard InChI is InChI=1S/C10H6F3N3/c11-10(12,13)9-5-1-3-8(7-9)4-2-6-15-16-14/h1,3,5,7H,6H2. The van der Waals surface area contributed by atoms with Crippen LogP contribution in [-0.4, -0.2) is 6.54 Å². The molecule has 6 heteroatoms. The first-order chi connectivity index (χ1) is 7.54. The number of rotatable bonds is 1. The molecule has 0 aliphatic carbocycles.